The molecule has 1 aliphatic heterocycles. The number of likely N-dealkylation sites (tertiary alicyclic amines) is 1. The smallest absolute Gasteiger partial charge is 0.230 e. The maximum absolute atomic E-state index is 10.9. The molecule has 3 aromatic rings. The van der Waals surface area contributed by atoms with Crippen LogP contribution in [-0.2, 0) is 0 Å². The second-order valence-corrected chi connectivity index (χ2v) is 8.05. The molecule has 0 saturated carbocycles. The van der Waals surface area contributed by atoms with Gasteiger partial charge in [-0.2, -0.15) is 4.52 Å². The van der Waals surface area contributed by atoms with Gasteiger partial charge < -0.3 is 9.84 Å². The molecule has 1 fully saturated rings. The summed E-state index contributed by atoms with van der Waals surface area (Å²) in [5, 5.41) is 15.2. The maximum atomic E-state index is 10.9. The summed E-state index contributed by atoms with van der Waals surface area (Å²) >= 11 is 1.51. The largest absolute Gasteiger partial charge is 0.497 e. The quantitative estimate of drug-likeness (QED) is 0.758. The maximum Gasteiger partial charge on any atom is 0.230 e. The number of benzene rings is 1. The molecule has 1 N–H and O–H groups in total. The van der Waals surface area contributed by atoms with Crippen LogP contribution in [0, 0.1) is 12.8 Å². The summed E-state index contributed by atoms with van der Waals surface area (Å²) in [6.45, 7) is 6.16. The summed E-state index contributed by atoms with van der Waals surface area (Å²) in [4.78, 5) is 8.50. The zero-order chi connectivity index (χ0) is 18.3. The molecule has 1 saturated heterocycles. The highest BCUT2D eigenvalue weighted by Gasteiger charge is 2.31. The lowest BCUT2D eigenvalue weighted by Crippen LogP contribution is -2.36. The van der Waals surface area contributed by atoms with Gasteiger partial charge in [-0.1, -0.05) is 30.4 Å². The Labute approximate surface area is 157 Å². The van der Waals surface area contributed by atoms with E-state index in [0.717, 1.165) is 40.2 Å². The molecular formula is C19H24N4O2S. The second-order valence-electron chi connectivity index (χ2n) is 7.04. The van der Waals surface area contributed by atoms with E-state index in [1.54, 1.807) is 11.6 Å². The molecule has 3 heterocycles. The van der Waals surface area contributed by atoms with Gasteiger partial charge in [-0.25, -0.2) is 4.98 Å². The first kappa shape index (κ1) is 17.3. The highest BCUT2D eigenvalue weighted by molar-refractivity contribution is 7.17. The standard InChI is InChI=1S/C19H24N4O2S/c1-12-7-9-22(10-8-12)16(14-5-4-6-15(11-14)25-3)17-18(24)23-19(26-17)20-13(2)21-23/h4-6,11-12,16,24H,7-10H2,1-3H3. The molecule has 0 aliphatic carbocycles. The van der Waals surface area contributed by atoms with Gasteiger partial charge in [-0.05, 0) is 56.5 Å². The number of hydrogen-bond donors (Lipinski definition) is 1. The molecule has 6 nitrogen and oxygen atoms in total. The lowest BCUT2D eigenvalue weighted by molar-refractivity contribution is 0.157. The zero-order valence-electron chi connectivity index (χ0n) is 15.3. The number of aryl methyl sites for hydroxylation is 1. The Morgan fingerprint density at radius 2 is 2.08 bits per heavy atom. The van der Waals surface area contributed by atoms with Crippen molar-refractivity contribution in [2.24, 2.45) is 5.92 Å². The summed E-state index contributed by atoms with van der Waals surface area (Å²) in [6, 6.07) is 8.10. The fourth-order valence-electron chi connectivity index (χ4n) is 3.65. The zero-order valence-corrected chi connectivity index (χ0v) is 16.2. The Morgan fingerprint density at radius 3 is 2.77 bits per heavy atom. The molecule has 0 amide bonds. The number of rotatable bonds is 4. The average Bonchev–Trinajstić information content (AvgIpc) is 3.15. The van der Waals surface area contributed by atoms with Gasteiger partial charge in [0.05, 0.1) is 18.0 Å². The number of piperidine rings is 1. The lowest BCUT2D eigenvalue weighted by atomic mass is 9.95. The van der Waals surface area contributed by atoms with Crippen molar-refractivity contribution in [3.63, 3.8) is 0 Å². The SMILES string of the molecule is COc1cccc(C(c2sc3nc(C)nn3c2O)N2CCC(C)CC2)c1. The fraction of sp³-hybridized carbons (Fsp3) is 0.474. The van der Waals surface area contributed by atoms with Gasteiger partial charge in [0.15, 0.2) is 0 Å². The molecule has 0 radical (unpaired) electrons. The van der Waals surface area contributed by atoms with E-state index in [1.807, 2.05) is 19.1 Å². The van der Waals surface area contributed by atoms with E-state index in [9.17, 15) is 5.11 Å². The Kier molecular flexibility index (Phi) is 4.58. The summed E-state index contributed by atoms with van der Waals surface area (Å²) in [7, 11) is 1.68. The average molecular weight is 372 g/mol. The van der Waals surface area contributed by atoms with Gasteiger partial charge in [-0.3, -0.25) is 4.90 Å². The Morgan fingerprint density at radius 1 is 1.31 bits per heavy atom. The van der Waals surface area contributed by atoms with Crippen LogP contribution in [0.1, 0.15) is 42.1 Å². The predicted octanol–water partition coefficient (Wildman–Crippen LogP) is 3.63. The van der Waals surface area contributed by atoms with Crippen molar-refractivity contribution >= 4 is 16.3 Å². The Hall–Kier alpha value is -2.12. The van der Waals surface area contributed by atoms with Gasteiger partial charge in [0.2, 0.25) is 10.8 Å². The van der Waals surface area contributed by atoms with Gasteiger partial charge in [-0.15, -0.1) is 5.10 Å². The molecule has 2 aromatic heterocycles. The monoisotopic (exact) mass is 372 g/mol. The predicted molar refractivity (Wildman–Crippen MR) is 102 cm³/mol. The molecule has 0 bridgehead atoms. The van der Waals surface area contributed by atoms with Gasteiger partial charge in [0.1, 0.15) is 11.6 Å². The molecule has 1 unspecified atom stereocenters. The molecule has 1 aromatic carbocycles. The lowest BCUT2D eigenvalue weighted by Gasteiger charge is -2.36. The van der Waals surface area contributed by atoms with E-state index in [-0.39, 0.29) is 11.9 Å². The van der Waals surface area contributed by atoms with Crippen LogP contribution in [0.4, 0.5) is 0 Å². The minimum atomic E-state index is -0.0218. The summed E-state index contributed by atoms with van der Waals surface area (Å²) in [6.07, 6.45) is 2.34. The first-order chi connectivity index (χ1) is 12.6. The minimum Gasteiger partial charge on any atom is -0.497 e. The number of fused-ring (bicyclic) bond motifs is 1. The molecule has 1 aliphatic rings. The molecule has 7 heteroatoms. The highest BCUT2D eigenvalue weighted by Crippen LogP contribution is 2.41. The van der Waals surface area contributed by atoms with Crippen molar-refractivity contribution < 1.29 is 9.84 Å². The van der Waals surface area contributed by atoms with E-state index in [4.69, 9.17) is 4.74 Å². The normalized spacial score (nSPS) is 17.7. The molecule has 0 spiro atoms. The van der Waals surface area contributed by atoms with Crippen molar-refractivity contribution in [3.8, 4) is 11.6 Å². The summed E-state index contributed by atoms with van der Waals surface area (Å²) < 4.78 is 6.98. The first-order valence-corrected chi connectivity index (χ1v) is 9.81. The second kappa shape index (κ2) is 6.89. The molecule has 4 rings (SSSR count). The summed E-state index contributed by atoms with van der Waals surface area (Å²) in [5.41, 5.74) is 1.12. The van der Waals surface area contributed by atoms with Crippen LogP contribution >= 0.6 is 11.3 Å². The van der Waals surface area contributed by atoms with E-state index < -0.39 is 0 Å². The third-order valence-electron chi connectivity index (χ3n) is 5.15. The van der Waals surface area contributed by atoms with Crippen molar-refractivity contribution in [2.45, 2.75) is 32.7 Å². The van der Waals surface area contributed by atoms with Gasteiger partial charge in [0, 0.05) is 0 Å². The highest BCUT2D eigenvalue weighted by atomic mass is 32.1. The van der Waals surface area contributed by atoms with E-state index in [0.29, 0.717) is 5.82 Å². The van der Waals surface area contributed by atoms with E-state index in [2.05, 4.69) is 34.0 Å². The van der Waals surface area contributed by atoms with E-state index in [1.165, 1.54) is 24.2 Å². The first-order valence-electron chi connectivity index (χ1n) is 9.00. The number of hydrogen-bond acceptors (Lipinski definition) is 6. The number of aromatic nitrogens is 3. The van der Waals surface area contributed by atoms with Crippen molar-refractivity contribution in [3.05, 3.63) is 40.5 Å². The van der Waals surface area contributed by atoms with Crippen LogP contribution in [0.2, 0.25) is 0 Å². The molecule has 138 valence electrons. The molecule has 26 heavy (non-hydrogen) atoms. The number of nitrogens with zero attached hydrogens (tertiary/aromatic N) is 4. The number of aromatic hydroxyl groups is 1. The minimum absolute atomic E-state index is 0.0218. The van der Waals surface area contributed by atoms with Gasteiger partial charge >= 0.3 is 0 Å². The third kappa shape index (κ3) is 3.05. The summed E-state index contributed by atoms with van der Waals surface area (Å²) in [5.74, 6) is 2.43. The Balaban J connectivity index is 1.80. The van der Waals surface area contributed by atoms with Crippen LogP contribution in [0.15, 0.2) is 24.3 Å². The van der Waals surface area contributed by atoms with Crippen LogP contribution in [0.25, 0.3) is 4.96 Å². The van der Waals surface area contributed by atoms with Crippen LogP contribution in [0.3, 0.4) is 0 Å². The number of methoxy groups -OCH3 is 1. The number of ether oxygens (including phenoxy) is 1. The molecular weight excluding hydrogens is 348 g/mol. The number of thiazole rings is 1. The fourth-order valence-corrected chi connectivity index (χ4v) is 4.82. The van der Waals surface area contributed by atoms with Crippen LogP contribution < -0.4 is 4.74 Å². The third-order valence-corrected chi connectivity index (χ3v) is 6.22. The van der Waals surface area contributed by atoms with Crippen molar-refractivity contribution in [1.29, 1.82) is 0 Å². The van der Waals surface area contributed by atoms with Crippen LogP contribution in [-0.4, -0.2) is 44.8 Å². The van der Waals surface area contributed by atoms with Gasteiger partial charge in [0.25, 0.3) is 0 Å². The topological polar surface area (TPSA) is 62.9 Å². The van der Waals surface area contributed by atoms with Crippen molar-refractivity contribution in [2.75, 3.05) is 20.2 Å². The Bertz CT molecular complexity index is 912. The van der Waals surface area contributed by atoms with Crippen LogP contribution in [0.5, 0.6) is 11.6 Å². The van der Waals surface area contributed by atoms with E-state index >= 15 is 0 Å². The molecule has 1 atom stereocenters. The van der Waals surface area contributed by atoms with Crippen molar-refractivity contribution in [1.82, 2.24) is 19.5 Å².